The number of piperidine rings is 3. The lowest BCUT2D eigenvalue weighted by Crippen LogP contribution is -2.78. The van der Waals surface area contributed by atoms with Crippen molar-refractivity contribution >= 4 is 31.6 Å². The molecular formula is C28H39N3O5Si. The summed E-state index contributed by atoms with van der Waals surface area (Å²) in [4.78, 5) is 45.6. The normalized spacial score (nSPS) is 35.5. The van der Waals surface area contributed by atoms with Gasteiger partial charge in [0, 0.05) is 25.3 Å². The van der Waals surface area contributed by atoms with Crippen LogP contribution in [0.2, 0.25) is 18.1 Å². The van der Waals surface area contributed by atoms with Gasteiger partial charge in [-0.15, -0.1) is 0 Å². The zero-order chi connectivity index (χ0) is 26.6. The molecule has 1 spiro atoms. The topological polar surface area (TPSA) is 88.2 Å². The summed E-state index contributed by atoms with van der Waals surface area (Å²) in [6, 6.07) is 7.79. The van der Waals surface area contributed by atoms with E-state index in [1.165, 1.54) is 6.92 Å². The molecule has 6 rings (SSSR count). The van der Waals surface area contributed by atoms with Crippen LogP contribution in [-0.4, -0.2) is 74.4 Å². The molecule has 0 aromatic heterocycles. The number of hydrogen-bond donors (Lipinski definition) is 1. The van der Waals surface area contributed by atoms with Crippen molar-refractivity contribution in [1.29, 1.82) is 0 Å². The Hall–Kier alpha value is -2.23. The van der Waals surface area contributed by atoms with Gasteiger partial charge in [0.05, 0.1) is 18.6 Å². The third-order valence-corrected chi connectivity index (χ3v) is 15.0. The molecule has 0 saturated carbocycles. The van der Waals surface area contributed by atoms with Crippen molar-refractivity contribution < 1.29 is 23.5 Å². The minimum absolute atomic E-state index is 0.0839. The predicted octanol–water partition coefficient (Wildman–Crippen LogP) is 3.18. The first-order valence-electron chi connectivity index (χ1n) is 13.7. The molecule has 2 bridgehead atoms. The molecule has 0 unspecified atom stereocenters. The summed E-state index contributed by atoms with van der Waals surface area (Å²) in [5.41, 5.74) is -1.59. The van der Waals surface area contributed by atoms with Gasteiger partial charge >= 0.3 is 0 Å². The highest BCUT2D eigenvalue weighted by atomic mass is 28.4. The number of nitrogens with one attached hydrogen (secondary N) is 1. The molecule has 37 heavy (non-hydrogen) atoms. The third-order valence-electron chi connectivity index (χ3n) is 10.4. The van der Waals surface area contributed by atoms with Crippen LogP contribution < -0.4 is 10.2 Å². The van der Waals surface area contributed by atoms with Crippen molar-refractivity contribution in [3.8, 4) is 0 Å². The summed E-state index contributed by atoms with van der Waals surface area (Å²) >= 11 is 0. The fourth-order valence-corrected chi connectivity index (χ4v) is 8.74. The Bertz CT molecular complexity index is 1200. The first kappa shape index (κ1) is 25.1. The number of para-hydroxylation sites is 1. The first-order chi connectivity index (χ1) is 17.4. The Morgan fingerprint density at radius 2 is 1.92 bits per heavy atom. The number of carbonyl (C=O) groups is 3. The van der Waals surface area contributed by atoms with E-state index in [0.717, 1.165) is 11.3 Å². The van der Waals surface area contributed by atoms with Crippen LogP contribution in [-0.2, 0) is 23.5 Å². The monoisotopic (exact) mass is 525 g/mol. The van der Waals surface area contributed by atoms with E-state index in [1.807, 2.05) is 18.2 Å². The number of nitrogens with zero attached hydrogens (tertiary/aromatic N) is 2. The summed E-state index contributed by atoms with van der Waals surface area (Å²) < 4.78 is 13.1. The fraction of sp³-hybridized carbons (Fsp3) is 0.679. The van der Waals surface area contributed by atoms with Crippen LogP contribution in [0.4, 0.5) is 5.69 Å². The van der Waals surface area contributed by atoms with Gasteiger partial charge in [0.1, 0.15) is 5.41 Å². The van der Waals surface area contributed by atoms with Crippen LogP contribution in [0.5, 0.6) is 0 Å². The van der Waals surface area contributed by atoms with Crippen molar-refractivity contribution in [1.82, 2.24) is 10.2 Å². The van der Waals surface area contributed by atoms with Crippen LogP contribution in [0.25, 0.3) is 0 Å². The van der Waals surface area contributed by atoms with Gasteiger partial charge < -0.3 is 24.3 Å². The van der Waals surface area contributed by atoms with Crippen LogP contribution in [0, 0.1) is 5.41 Å². The third kappa shape index (κ3) is 2.83. The van der Waals surface area contributed by atoms with E-state index in [9.17, 15) is 14.4 Å². The fourth-order valence-electron chi connectivity index (χ4n) is 7.69. The lowest BCUT2D eigenvalue weighted by Gasteiger charge is -2.60. The molecule has 4 fully saturated rings. The van der Waals surface area contributed by atoms with Gasteiger partial charge in [-0.05, 0) is 55.9 Å². The van der Waals surface area contributed by atoms with Crippen LogP contribution in [0.15, 0.2) is 24.3 Å². The largest absolute Gasteiger partial charge is 0.415 e. The van der Waals surface area contributed by atoms with Gasteiger partial charge in [-0.1, -0.05) is 39.0 Å². The molecule has 0 radical (unpaired) electrons. The zero-order valence-electron chi connectivity index (χ0n) is 22.8. The summed E-state index contributed by atoms with van der Waals surface area (Å²) in [7, 11) is -1.93. The molecular weight excluding hydrogens is 486 g/mol. The SMILES string of the molecule is CC(=O)[C@]12O[C@@]34[C@H]5[C@@H]1c1ccccc1N5CC[C@]3(C(=O)NCCO[Si](C)(C)C(C)(C)C)CCCN4C2=O. The van der Waals surface area contributed by atoms with Crippen LogP contribution >= 0.6 is 0 Å². The van der Waals surface area contributed by atoms with Gasteiger partial charge in [0.25, 0.3) is 5.91 Å². The van der Waals surface area contributed by atoms with Gasteiger partial charge in [-0.2, -0.15) is 0 Å². The van der Waals surface area contributed by atoms with Crippen molar-refractivity contribution in [2.45, 2.75) is 88.4 Å². The second kappa shape index (κ2) is 7.67. The highest BCUT2D eigenvalue weighted by Crippen LogP contribution is 2.71. The van der Waals surface area contributed by atoms with Crippen molar-refractivity contribution in [2.24, 2.45) is 5.41 Å². The zero-order valence-corrected chi connectivity index (χ0v) is 23.8. The molecule has 1 N–H and O–H groups in total. The Morgan fingerprint density at radius 1 is 1.19 bits per heavy atom. The van der Waals surface area contributed by atoms with Gasteiger partial charge in [-0.3, -0.25) is 14.4 Å². The molecule has 4 saturated heterocycles. The molecule has 8 nitrogen and oxygen atoms in total. The maximum atomic E-state index is 14.2. The summed E-state index contributed by atoms with van der Waals surface area (Å²) in [5.74, 6) is -1.02. The highest BCUT2D eigenvalue weighted by molar-refractivity contribution is 6.74. The average molecular weight is 526 g/mol. The standard InChI is InChI=1S/C28H39N3O5Si/c1-18(32)27-21-19-10-7-8-11-20(19)30-16-13-26(23(33)29-14-17-35-37(5,6)25(2,3)4)12-9-15-31(24(27)34)28(26,36-27)22(21)30/h7-8,10-11,21-22H,9,12-17H2,1-6H3,(H,29,33)/t21-,22+,26-,27-,28-/m0/s1. The average Bonchev–Trinajstić information content (AvgIpc) is 3.44. The Balaban J connectivity index is 1.36. The number of amides is 2. The summed E-state index contributed by atoms with van der Waals surface area (Å²) in [6.07, 6.45) is 1.91. The van der Waals surface area contributed by atoms with E-state index >= 15 is 0 Å². The van der Waals surface area contributed by atoms with Gasteiger partial charge in [-0.25, -0.2) is 0 Å². The Labute approximate surface area is 220 Å². The van der Waals surface area contributed by atoms with Gasteiger partial charge in [0.2, 0.25) is 11.5 Å². The predicted molar refractivity (Wildman–Crippen MR) is 142 cm³/mol. The first-order valence-corrected chi connectivity index (χ1v) is 16.6. The van der Waals surface area contributed by atoms with Crippen molar-refractivity contribution in [2.75, 3.05) is 31.1 Å². The highest BCUT2D eigenvalue weighted by Gasteiger charge is 2.87. The van der Waals surface area contributed by atoms with E-state index in [-0.39, 0.29) is 28.7 Å². The van der Waals surface area contributed by atoms with E-state index in [4.69, 9.17) is 9.16 Å². The Kier molecular flexibility index (Phi) is 5.19. The van der Waals surface area contributed by atoms with Crippen LogP contribution in [0.1, 0.15) is 58.4 Å². The van der Waals surface area contributed by atoms with Gasteiger partial charge in [0.15, 0.2) is 19.8 Å². The number of ketones is 1. The van der Waals surface area contributed by atoms with Crippen molar-refractivity contribution in [3.63, 3.8) is 0 Å². The number of Topliss-reactive ketones (excluding diaryl/α,β-unsaturated/α-hetero) is 1. The molecule has 5 aliphatic heterocycles. The molecule has 1 aromatic rings. The lowest BCUT2D eigenvalue weighted by atomic mass is 9.59. The second-order valence-corrected chi connectivity index (χ2v) is 17.8. The number of fused-ring (bicyclic) bond motifs is 5. The minimum Gasteiger partial charge on any atom is -0.415 e. The van der Waals surface area contributed by atoms with E-state index in [2.05, 4.69) is 50.1 Å². The molecule has 5 heterocycles. The second-order valence-electron chi connectivity index (χ2n) is 13.0. The maximum absolute atomic E-state index is 14.2. The molecule has 5 atom stereocenters. The molecule has 0 aliphatic carbocycles. The smallest absolute Gasteiger partial charge is 0.265 e. The van der Waals surface area contributed by atoms with Crippen molar-refractivity contribution in [3.05, 3.63) is 29.8 Å². The summed E-state index contributed by atoms with van der Waals surface area (Å²) in [5, 5.41) is 3.27. The number of carbonyl (C=O) groups excluding carboxylic acids is 3. The molecule has 2 amide bonds. The Morgan fingerprint density at radius 3 is 2.62 bits per heavy atom. The lowest BCUT2D eigenvalue weighted by molar-refractivity contribution is -0.214. The minimum atomic E-state index is -1.93. The van der Waals surface area contributed by atoms with Crippen LogP contribution in [0.3, 0.4) is 0 Å². The number of ether oxygens (including phenoxy) is 1. The molecule has 5 aliphatic rings. The van der Waals surface area contributed by atoms with E-state index < -0.39 is 31.0 Å². The van der Waals surface area contributed by atoms with E-state index in [0.29, 0.717) is 45.5 Å². The molecule has 200 valence electrons. The number of rotatable bonds is 6. The maximum Gasteiger partial charge on any atom is 0.265 e. The molecule has 1 aromatic carbocycles. The quantitative estimate of drug-likeness (QED) is 0.349. The molecule has 9 heteroatoms. The van der Waals surface area contributed by atoms with E-state index in [1.54, 1.807) is 4.90 Å². The summed E-state index contributed by atoms with van der Waals surface area (Å²) in [6.45, 7) is 14.5. The number of benzene rings is 1. The number of anilines is 1. The number of hydrogen-bond acceptors (Lipinski definition) is 6.